The molecule has 0 heteroatoms. The number of benzene rings is 3. The van der Waals surface area contributed by atoms with Crippen LogP contribution in [0.5, 0.6) is 0 Å². The van der Waals surface area contributed by atoms with Crippen LogP contribution in [0.15, 0.2) is 66.2 Å². The smallest absolute Gasteiger partial charge is 0.00575 e. The van der Waals surface area contributed by atoms with Gasteiger partial charge in [-0.2, -0.15) is 0 Å². The van der Waals surface area contributed by atoms with E-state index in [4.69, 9.17) is 0 Å². The van der Waals surface area contributed by atoms with Crippen LogP contribution in [-0.4, -0.2) is 0 Å². The molecule has 0 heterocycles. The van der Waals surface area contributed by atoms with Crippen molar-refractivity contribution in [3.05, 3.63) is 77.4 Å². The molecule has 23 heavy (non-hydrogen) atoms. The van der Waals surface area contributed by atoms with Crippen LogP contribution in [0.25, 0.3) is 28.0 Å². The summed E-state index contributed by atoms with van der Waals surface area (Å²) in [5, 5.41) is 2.62. The summed E-state index contributed by atoms with van der Waals surface area (Å²) in [7, 11) is 0. The van der Waals surface area contributed by atoms with E-state index in [2.05, 4.69) is 80.6 Å². The van der Waals surface area contributed by atoms with E-state index in [1.54, 1.807) is 5.57 Å². The Labute approximate surface area is 138 Å². The van der Waals surface area contributed by atoms with Crippen molar-refractivity contribution in [2.75, 3.05) is 0 Å². The van der Waals surface area contributed by atoms with Crippen molar-refractivity contribution < 1.29 is 0 Å². The summed E-state index contributed by atoms with van der Waals surface area (Å²) in [6.45, 7) is 4.60. The Kier molecular flexibility index (Phi) is 3.53. The minimum atomic E-state index is 0.722. The largest absolute Gasteiger partial charge is 0.0649 e. The second-order valence-electron chi connectivity index (χ2n) is 7.02. The van der Waals surface area contributed by atoms with E-state index >= 15 is 0 Å². The van der Waals surface area contributed by atoms with E-state index in [0.29, 0.717) is 0 Å². The summed E-state index contributed by atoms with van der Waals surface area (Å²) >= 11 is 0. The maximum atomic E-state index is 2.43. The highest BCUT2D eigenvalue weighted by Gasteiger charge is 2.17. The Hall–Kier alpha value is -2.34. The summed E-state index contributed by atoms with van der Waals surface area (Å²) in [5.41, 5.74) is 7.17. The third kappa shape index (κ3) is 2.70. The van der Waals surface area contributed by atoms with Crippen molar-refractivity contribution in [1.29, 1.82) is 0 Å². The van der Waals surface area contributed by atoms with Gasteiger partial charge in [-0.3, -0.25) is 0 Å². The van der Waals surface area contributed by atoms with Crippen LogP contribution in [-0.2, 0) is 6.42 Å². The second-order valence-corrected chi connectivity index (χ2v) is 7.02. The van der Waals surface area contributed by atoms with Gasteiger partial charge < -0.3 is 0 Å². The van der Waals surface area contributed by atoms with Gasteiger partial charge in [-0.15, -0.1) is 0 Å². The van der Waals surface area contributed by atoms with Crippen LogP contribution in [0.3, 0.4) is 0 Å². The fraction of sp³-hybridized carbons (Fsp3) is 0.217. The topological polar surface area (TPSA) is 0 Å². The lowest BCUT2D eigenvalue weighted by atomic mass is 9.95. The molecule has 0 aromatic heterocycles. The third-order valence-electron chi connectivity index (χ3n) is 4.69. The highest BCUT2D eigenvalue weighted by Crippen LogP contribution is 2.36. The van der Waals surface area contributed by atoms with E-state index in [1.807, 2.05) is 0 Å². The summed E-state index contributed by atoms with van der Waals surface area (Å²) in [6, 6.07) is 22.1. The normalized spacial score (nSPS) is 13.4. The third-order valence-corrected chi connectivity index (χ3v) is 4.69. The minimum Gasteiger partial charge on any atom is -0.0649 e. The van der Waals surface area contributed by atoms with Gasteiger partial charge in [0.2, 0.25) is 0 Å². The molecule has 4 rings (SSSR count). The monoisotopic (exact) mass is 298 g/mol. The summed E-state index contributed by atoms with van der Waals surface area (Å²) < 4.78 is 0. The van der Waals surface area contributed by atoms with Crippen molar-refractivity contribution in [1.82, 2.24) is 0 Å². The van der Waals surface area contributed by atoms with Gasteiger partial charge in [0.1, 0.15) is 0 Å². The zero-order valence-corrected chi connectivity index (χ0v) is 13.8. The molecule has 0 fully saturated rings. The predicted octanol–water partition coefficient (Wildman–Crippen LogP) is 6.49. The Balaban J connectivity index is 1.81. The lowest BCUT2D eigenvalue weighted by Gasteiger charge is -2.09. The van der Waals surface area contributed by atoms with Crippen molar-refractivity contribution in [3.8, 4) is 11.1 Å². The Morgan fingerprint density at radius 1 is 0.870 bits per heavy atom. The zero-order chi connectivity index (χ0) is 15.8. The van der Waals surface area contributed by atoms with Gasteiger partial charge in [0, 0.05) is 0 Å². The second kappa shape index (κ2) is 5.70. The quantitative estimate of drug-likeness (QED) is 0.518. The standard InChI is InChI=1S/C23H22/c1-16(2)12-17-13-20-8-5-9-22(23(20)14-17)21-11-10-18-6-3-4-7-19(18)15-21/h3-11,14-16H,12-13H2,1-2H3. The number of hydrogen-bond donors (Lipinski definition) is 0. The van der Waals surface area contributed by atoms with E-state index < -0.39 is 0 Å². The first kappa shape index (κ1) is 14.3. The maximum Gasteiger partial charge on any atom is -0.00575 e. The molecule has 0 aliphatic heterocycles. The minimum absolute atomic E-state index is 0.722. The zero-order valence-electron chi connectivity index (χ0n) is 13.8. The number of fused-ring (bicyclic) bond motifs is 2. The molecule has 114 valence electrons. The van der Waals surface area contributed by atoms with Gasteiger partial charge in [-0.1, -0.05) is 80.1 Å². The average Bonchev–Trinajstić information content (AvgIpc) is 2.95. The van der Waals surface area contributed by atoms with Gasteiger partial charge >= 0.3 is 0 Å². The van der Waals surface area contributed by atoms with Crippen molar-refractivity contribution in [3.63, 3.8) is 0 Å². The van der Waals surface area contributed by atoms with E-state index in [9.17, 15) is 0 Å². The van der Waals surface area contributed by atoms with Crippen LogP contribution in [0.1, 0.15) is 31.4 Å². The molecule has 3 aromatic carbocycles. The summed E-state index contributed by atoms with van der Waals surface area (Å²) in [4.78, 5) is 0. The van der Waals surface area contributed by atoms with Crippen LogP contribution in [0.4, 0.5) is 0 Å². The van der Waals surface area contributed by atoms with Crippen LogP contribution < -0.4 is 0 Å². The molecule has 0 nitrogen and oxygen atoms in total. The molecule has 0 saturated heterocycles. The molecule has 0 saturated carbocycles. The fourth-order valence-corrected chi connectivity index (χ4v) is 3.70. The molecule has 0 unspecified atom stereocenters. The first-order chi connectivity index (χ1) is 11.2. The molecule has 0 radical (unpaired) electrons. The van der Waals surface area contributed by atoms with Crippen molar-refractivity contribution in [2.45, 2.75) is 26.7 Å². The van der Waals surface area contributed by atoms with Gasteiger partial charge in [-0.05, 0) is 57.9 Å². The van der Waals surface area contributed by atoms with Gasteiger partial charge in [0.05, 0.1) is 0 Å². The Morgan fingerprint density at radius 3 is 2.52 bits per heavy atom. The molecule has 0 bridgehead atoms. The molecular weight excluding hydrogens is 276 g/mol. The van der Waals surface area contributed by atoms with Crippen molar-refractivity contribution in [2.24, 2.45) is 5.92 Å². The highest BCUT2D eigenvalue weighted by atomic mass is 14.2. The molecular formula is C23H22. The Bertz CT molecular complexity index is 897. The maximum absolute atomic E-state index is 2.43. The van der Waals surface area contributed by atoms with E-state index in [0.717, 1.165) is 12.3 Å². The number of allylic oxidation sites excluding steroid dienone is 1. The lowest BCUT2D eigenvalue weighted by molar-refractivity contribution is 0.638. The predicted molar refractivity (Wildman–Crippen MR) is 101 cm³/mol. The van der Waals surface area contributed by atoms with E-state index in [1.165, 1.54) is 39.4 Å². The average molecular weight is 298 g/mol. The molecule has 1 aliphatic carbocycles. The number of hydrogen-bond acceptors (Lipinski definition) is 0. The van der Waals surface area contributed by atoms with Gasteiger partial charge in [0.15, 0.2) is 0 Å². The van der Waals surface area contributed by atoms with E-state index in [-0.39, 0.29) is 0 Å². The molecule has 0 N–H and O–H groups in total. The summed E-state index contributed by atoms with van der Waals surface area (Å²) in [5.74, 6) is 0.722. The van der Waals surface area contributed by atoms with Gasteiger partial charge in [-0.25, -0.2) is 0 Å². The highest BCUT2D eigenvalue weighted by molar-refractivity contribution is 5.90. The summed E-state index contributed by atoms with van der Waals surface area (Å²) in [6.07, 6.45) is 4.75. The molecule has 1 aliphatic rings. The van der Waals surface area contributed by atoms with Gasteiger partial charge in [0.25, 0.3) is 0 Å². The molecule has 0 amide bonds. The van der Waals surface area contributed by atoms with Crippen LogP contribution in [0.2, 0.25) is 0 Å². The Morgan fingerprint density at radius 2 is 1.70 bits per heavy atom. The molecule has 0 spiro atoms. The first-order valence-electron chi connectivity index (χ1n) is 8.51. The molecule has 0 atom stereocenters. The van der Waals surface area contributed by atoms with Crippen LogP contribution in [0, 0.1) is 5.92 Å². The van der Waals surface area contributed by atoms with Crippen LogP contribution >= 0.6 is 0 Å². The first-order valence-corrected chi connectivity index (χ1v) is 8.51. The van der Waals surface area contributed by atoms with Crippen molar-refractivity contribution >= 4 is 16.8 Å². The number of rotatable bonds is 3. The lowest BCUT2D eigenvalue weighted by Crippen LogP contribution is -1.91. The fourth-order valence-electron chi connectivity index (χ4n) is 3.70. The SMILES string of the molecule is CC(C)CC1=Cc2c(cccc2-c2ccc3ccccc3c2)C1. The molecule has 3 aromatic rings.